The first kappa shape index (κ1) is 16.2. The Balaban J connectivity index is 1.85. The van der Waals surface area contributed by atoms with Crippen molar-refractivity contribution in [3.8, 4) is 0 Å². The Morgan fingerprint density at radius 1 is 1.35 bits per heavy atom. The van der Waals surface area contributed by atoms with Gasteiger partial charge in [-0.25, -0.2) is 0 Å². The average molecular weight is 317 g/mol. The number of likely N-dealkylation sites (N-methyl/N-ethyl adjacent to an activating group) is 1. The van der Waals surface area contributed by atoms with E-state index in [-0.39, 0.29) is 0 Å². The van der Waals surface area contributed by atoms with Crippen molar-refractivity contribution in [2.45, 2.75) is 6.04 Å². The summed E-state index contributed by atoms with van der Waals surface area (Å²) < 4.78 is 0. The molecule has 0 bridgehead atoms. The van der Waals surface area contributed by atoms with Crippen LogP contribution in [-0.2, 0) is 0 Å². The molecule has 2 N–H and O–H groups in total. The molecule has 20 heavy (non-hydrogen) atoms. The van der Waals surface area contributed by atoms with Gasteiger partial charge in [0.25, 0.3) is 0 Å². The van der Waals surface area contributed by atoms with Gasteiger partial charge in [-0.1, -0.05) is 11.6 Å². The molecule has 1 unspecified atom stereocenters. The van der Waals surface area contributed by atoms with E-state index in [4.69, 9.17) is 17.3 Å². The predicted octanol–water partition coefficient (Wildman–Crippen LogP) is 1.58. The third-order valence-corrected chi connectivity index (χ3v) is 5.23. The molecule has 114 valence electrons. The Bertz CT molecular complexity index is 402. The zero-order valence-electron chi connectivity index (χ0n) is 12.4. The molecule has 0 saturated carbocycles. The Labute approximate surface area is 131 Å². The predicted molar refractivity (Wildman–Crippen MR) is 87.7 cm³/mol. The maximum absolute atomic E-state index is 6.03. The van der Waals surface area contributed by atoms with E-state index in [1.54, 1.807) is 11.3 Å². The highest BCUT2D eigenvalue weighted by atomic mass is 35.5. The van der Waals surface area contributed by atoms with Crippen molar-refractivity contribution in [1.29, 1.82) is 0 Å². The Hall–Kier alpha value is -0.170. The van der Waals surface area contributed by atoms with E-state index < -0.39 is 0 Å². The molecule has 0 aromatic carbocycles. The zero-order chi connectivity index (χ0) is 14.5. The maximum atomic E-state index is 6.03. The van der Waals surface area contributed by atoms with Crippen LogP contribution in [-0.4, -0.2) is 74.6 Å². The second kappa shape index (κ2) is 7.73. The molecule has 1 aliphatic rings. The molecule has 2 rings (SSSR count). The molecule has 0 aliphatic carbocycles. The molecular formula is C14H25ClN4S. The second-order valence-electron chi connectivity index (χ2n) is 5.60. The van der Waals surface area contributed by atoms with Crippen LogP contribution in [0, 0.1) is 0 Å². The molecule has 6 heteroatoms. The monoisotopic (exact) mass is 316 g/mol. The highest BCUT2D eigenvalue weighted by Crippen LogP contribution is 2.29. The van der Waals surface area contributed by atoms with Gasteiger partial charge in [0.2, 0.25) is 0 Å². The van der Waals surface area contributed by atoms with Gasteiger partial charge in [0.05, 0.1) is 11.1 Å². The minimum absolute atomic E-state index is 0.323. The smallest absolute Gasteiger partial charge is 0.0565 e. The van der Waals surface area contributed by atoms with Gasteiger partial charge in [0, 0.05) is 56.1 Å². The lowest BCUT2D eigenvalue weighted by atomic mass is 10.1. The van der Waals surface area contributed by atoms with Crippen molar-refractivity contribution >= 4 is 22.9 Å². The molecule has 2 heterocycles. The third kappa shape index (κ3) is 4.41. The molecule has 0 amide bonds. The first-order valence-corrected chi connectivity index (χ1v) is 8.41. The van der Waals surface area contributed by atoms with Crippen molar-refractivity contribution in [3.63, 3.8) is 0 Å². The number of hydrogen-bond donors (Lipinski definition) is 1. The average Bonchev–Trinajstić information content (AvgIpc) is 2.85. The van der Waals surface area contributed by atoms with E-state index in [1.165, 1.54) is 4.88 Å². The standard InChI is InChI=1S/C14H25ClN4S/c1-17(2)3-4-18-5-7-19(8-6-18)13(10-16)14-9-12(15)11-20-14/h9,11,13H,3-8,10,16H2,1-2H3. The van der Waals surface area contributed by atoms with Crippen LogP contribution >= 0.6 is 22.9 Å². The first-order chi connectivity index (χ1) is 9.60. The van der Waals surface area contributed by atoms with E-state index in [1.807, 2.05) is 5.38 Å². The van der Waals surface area contributed by atoms with Crippen LogP contribution in [0.15, 0.2) is 11.4 Å². The fraction of sp³-hybridized carbons (Fsp3) is 0.714. The minimum Gasteiger partial charge on any atom is -0.329 e. The summed E-state index contributed by atoms with van der Waals surface area (Å²) >= 11 is 7.75. The van der Waals surface area contributed by atoms with Crippen molar-refractivity contribution in [3.05, 3.63) is 21.3 Å². The van der Waals surface area contributed by atoms with Gasteiger partial charge >= 0.3 is 0 Å². The quantitative estimate of drug-likeness (QED) is 0.864. The van der Waals surface area contributed by atoms with E-state index in [9.17, 15) is 0 Å². The van der Waals surface area contributed by atoms with E-state index in [0.717, 1.165) is 44.3 Å². The number of halogens is 1. The van der Waals surface area contributed by atoms with Gasteiger partial charge in [-0.3, -0.25) is 9.80 Å². The number of thiophene rings is 1. The summed E-state index contributed by atoms with van der Waals surface area (Å²) in [5, 5.41) is 2.82. The molecule has 1 aromatic heterocycles. The number of rotatable bonds is 6. The molecule has 0 radical (unpaired) electrons. The third-order valence-electron chi connectivity index (χ3n) is 3.85. The Kier molecular flexibility index (Phi) is 6.26. The normalized spacial score (nSPS) is 19.6. The molecule has 4 nitrogen and oxygen atoms in total. The summed E-state index contributed by atoms with van der Waals surface area (Å²) in [6, 6.07) is 2.38. The topological polar surface area (TPSA) is 35.7 Å². The van der Waals surface area contributed by atoms with Crippen LogP contribution in [0.5, 0.6) is 0 Å². The van der Waals surface area contributed by atoms with E-state index >= 15 is 0 Å². The molecule has 1 atom stereocenters. The lowest BCUT2D eigenvalue weighted by Crippen LogP contribution is -2.50. The molecule has 0 spiro atoms. The Morgan fingerprint density at radius 3 is 2.55 bits per heavy atom. The Morgan fingerprint density at radius 2 is 2.05 bits per heavy atom. The van der Waals surface area contributed by atoms with Crippen LogP contribution in [0.25, 0.3) is 0 Å². The van der Waals surface area contributed by atoms with Crippen LogP contribution in [0.1, 0.15) is 10.9 Å². The molecule has 1 aromatic rings. The van der Waals surface area contributed by atoms with Crippen molar-refractivity contribution < 1.29 is 0 Å². The maximum Gasteiger partial charge on any atom is 0.0565 e. The van der Waals surface area contributed by atoms with Gasteiger partial charge in [0.1, 0.15) is 0 Å². The second-order valence-corrected chi connectivity index (χ2v) is 6.98. The SMILES string of the molecule is CN(C)CCN1CCN(C(CN)c2cc(Cl)cs2)CC1. The van der Waals surface area contributed by atoms with Gasteiger partial charge in [-0.2, -0.15) is 0 Å². The summed E-state index contributed by atoms with van der Waals surface area (Å²) in [5.41, 5.74) is 5.98. The number of nitrogens with two attached hydrogens (primary N) is 1. The van der Waals surface area contributed by atoms with Gasteiger partial charge in [0.15, 0.2) is 0 Å². The molecule has 1 aliphatic heterocycles. The van der Waals surface area contributed by atoms with E-state index in [2.05, 4.69) is 34.9 Å². The summed E-state index contributed by atoms with van der Waals surface area (Å²) in [4.78, 5) is 8.56. The zero-order valence-corrected chi connectivity index (χ0v) is 14.0. The van der Waals surface area contributed by atoms with Gasteiger partial charge in [-0.05, 0) is 20.2 Å². The van der Waals surface area contributed by atoms with Crippen LogP contribution in [0.3, 0.4) is 0 Å². The fourth-order valence-corrected chi connectivity index (χ4v) is 3.82. The van der Waals surface area contributed by atoms with E-state index in [0.29, 0.717) is 12.6 Å². The first-order valence-electron chi connectivity index (χ1n) is 7.15. The highest BCUT2D eigenvalue weighted by molar-refractivity contribution is 7.10. The van der Waals surface area contributed by atoms with Crippen molar-refractivity contribution in [1.82, 2.24) is 14.7 Å². The van der Waals surface area contributed by atoms with Crippen LogP contribution < -0.4 is 5.73 Å². The lowest BCUT2D eigenvalue weighted by molar-refractivity contribution is 0.0952. The molecular weight excluding hydrogens is 292 g/mol. The summed E-state index contributed by atoms with van der Waals surface area (Å²) in [6.07, 6.45) is 0. The summed E-state index contributed by atoms with van der Waals surface area (Å²) in [6.45, 7) is 7.37. The highest BCUT2D eigenvalue weighted by Gasteiger charge is 2.24. The number of hydrogen-bond acceptors (Lipinski definition) is 5. The van der Waals surface area contributed by atoms with Crippen molar-refractivity contribution in [2.75, 3.05) is 59.9 Å². The molecule has 1 fully saturated rings. The fourth-order valence-electron chi connectivity index (χ4n) is 2.59. The van der Waals surface area contributed by atoms with Gasteiger partial charge < -0.3 is 10.6 Å². The summed E-state index contributed by atoms with van der Waals surface area (Å²) in [5.74, 6) is 0. The number of piperazine rings is 1. The van der Waals surface area contributed by atoms with Crippen molar-refractivity contribution in [2.24, 2.45) is 5.73 Å². The van der Waals surface area contributed by atoms with Crippen LogP contribution in [0.2, 0.25) is 5.02 Å². The van der Waals surface area contributed by atoms with Gasteiger partial charge in [-0.15, -0.1) is 11.3 Å². The lowest BCUT2D eigenvalue weighted by Gasteiger charge is -2.39. The minimum atomic E-state index is 0.323. The largest absolute Gasteiger partial charge is 0.329 e. The summed E-state index contributed by atoms with van der Waals surface area (Å²) in [7, 11) is 4.25. The number of nitrogens with zero attached hydrogens (tertiary/aromatic N) is 3. The van der Waals surface area contributed by atoms with Crippen LogP contribution in [0.4, 0.5) is 0 Å². The molecule has 1 saturated heterocycles.